The van der Waals surface area contributed by atoms with Crippen molar-refractivity contribution in [1.29, 1.82) is 0 Å². The lowest BCUT2D eigenvalue weighted by atomic mass is 10.1. The second-order valence-corrected chi connectivity index (χ2v) is 6.41. The van der Waals surface area contributed by atoms with Gasteiger partial charge >= 0.3 is 0 Å². The minimum atomic E-state index is 0.225. The van der Waals surface area contributed by atoms with Gasteiger partial charge in [-0.2, -0.15) is 0 Å². The maximum Gasteiger partial charge on any atom is 0.224 e. The van der Waals surface area contributed by atoms with Crippen LogP contribution in [0.2, 0.25) is 0 Å². The number of nitrogens with two attached hydrogens (primary N) is 1. The number of hydrogen-bond donors (Lipinski definition) is 1. The van der Waals surface area contributed by atoms with Crippen LogP contribution in [0.15, 0.2) is 0 Å². The van der Waals surface area contributed by atoms with Crippen molar-refractivity contribution in [3.63, 3.8) is 0 Å². The zero-order valence-corrected chi connectivity index (χ0v) is 13.6. The Morgan fingerprint density at radius 3 is 2.29 bits per heavy atom. The van der Waals surface area contributed by atoms with E-state index < -0.39 is 0 Å². The molecule has 2 rings (SSSR count). The molecule has 0 radical (unpaired) electrons. The fourth-order valence-electron chi connectivity index (χ4n) is 3.50. The van der Waals surface area contributed by atoms with E-state index in [0.29, 0.717) is 18.9 Å². The topological polar surface area (TPSA) is 52.8 Å². The third-order valence-electron chi connectivity index (χ3n) is 4.85. The number of piperazine rings is 1. The van der Waals surface area contributed by atoms with Crippen LogP contribution in [0.1, 0.15) is 39.0 Å². The average Bonchev–Trinajstić information content (AvgIpc) is 2.54. The third kappa shape index (κ3) is 4.94. The minimum Gasteiger partial charge on any atom is -0.343 e. The summed E-state index contributed by atoms with van der Waals surface area (Å²) < 4.78 is 0. The number of hydrogen-bond acceptors (Lipinski definition) is 4. The third-order valence-corrected chi connectivity index (χ3v) is 4.85. The Hall–Kier alpha value is -0.650. The molecule has 2 aliphatic rings. The molecule has 0 bridgehead atoms. The molecule has 5 heteroatoms. The van der Waals surface area contributed by atoms with Crippen molar-refractivity contribution in [1.82, 2.24) is 14.7 Å². The van der Waals surface area contributed by atoms with Gasteiger partial charge in [0.15, 0.2) is 0 Å². The molecule has 0 aromatic heterocycles. The van der Waals surface area contributed by atoms with Gasteiger partial charge in [-0.15, -0.1) is 0 Å². The Morgan fingerprint density at radius 1 is 1.05 bits per heavy atom. The summed E-state index contributed by atoms with van der Waals surface area (Å²) in [6.07, 6.45) is 5.41. The average molecular weight is 296 g/mol. The summed E-state index contributed by atoms with van der Waals surface area (Å²) in [5.74, 6) is 0.307. The van der Waals surface area contributed by atoms with Crippen molar-refractivity contribution in [3.8, 4) is 0 Å². The summed E-state index contributed by atoms with van der Waals surface area (Å²) >= 11 is 0. The Balaban J connectivity index is 1.78. The molecule has 21 heavy (non-hydrogen) atoms. The number of carbonyl (C=O) groups excluding carboxylic acids is 1. The van der Waals surface area contributed by atoms with E-state index >= 15 is 0 Å². The van der Waals surface area contributed by atoms with Crippen molar-refractivity contribution < 1.29 is 4.79 Å². The van der Waals surface area contributed by atoms with Crippen molar-refractivity contribution in [2.24, 2.45) is 5.73 Å². The zero-order valence-electron chi connectivity index (χ0n) is 13.6. The molecule has 2 fully saturated rings. The van der Waals surface area contributed by atoms with Crippen LogP contribution < -0.4 is 5.73 Å². The van der Waals surface area contributed by atoms with Gasteiger partial charge in [-0.05, 0) is 32.2 Å². The highest BCUT2D eigenvalue weighted by atomic mass is 16.2. The van der Waals surface area contributed by atoms with Crippen LogP contribution in [0.3, 0.4) is 0 Å². The second kappa shape index (κ2) is 8.71. The summed E-state index contributed by atoms with van der Waals surface area (Å²) in [6, 6.07) is 0.225. The number of likely N-dealkylation sites (tertiary alicyclic amines) is 1. The first-order valence-corrected chi connectivity index (χ1v) is 8.68. The summed E-state index contributed by atoms with van der Waals surface area (Å²) in [5.41, 5.74) is 5.95. The van der Waals surface area contributed by atoms with Crippen LogP contribution in [-0.2, 0) is 4.79 Å². The summed E-state index contributed by atoms with van der Waals surface area (Å²) in [4.78, 5) is 19.4. The van der Waals surface area contributed by atoms with E-state index in [9.17, 15) is 4.79 Å². The van der Waals surface area contributed by atoms with Crippen LogP contribution in [0.5, 0.6) is 0 Å². The molecule has 0 aromatic rings. The minimum absolute atomic E-state index is 0.225. The molecule has 1 atom stereocenters. The van der Waals surface area contributed by atoms with E-state index in [1.54, 1.807) is 0 Å². The molecule has 0 aromatic carbocycles. The van der Waals surface area contributed by atoms with Crippen LogP contribution in [0, 0.1) is 0 Å². The number of rotatable bonds is 6. The Bertz CT molecular complexity index is 309. The normalized spacial score (nSPS) is 23.2. The predicted molar refractivity (Wildman–Crippen MR) is 86.2 cm³/mol. The quantitative estimate of drug-likeness (QED) is 0.786. The smallest absolute Gasteiger partial charge is 0.224 e. The van der Waals surface area contributed by atoms with Crippen LogP contribution in [-0.4, -0.2) is 79.0 Å². The van der Waals surface area contributed by atoms with E-state index in [0.717, 1.165) is 52.1 Å². The maximum atomic E-state index is 12.4. The van der Waals surface area contributed by atoms with Crippen molar-refractivity contribution in [2.75, 3.05) is 52.4 Å². The maximum absolute atomic E-state index is 12.4. The molecule has 1 unspecified atom stereocenters. The summed E-state index contributed by atoms with van der Waals surface area (Å²) in [6.45, 7) is 10.2. The number of piperidine rings is 1. The van der Waals surface area contributed by atoms with E-state index in [1.165, 1.54) is 19.4 Å². The first kappa shape index (κ1) is 16.7. The van der Waals surface area contributed by atoms with Gasteiger partial charge in [-0.3, -0.25) is 9.69 Å². The number of amides is 1. The van der Waals surface area contributed by atoms with Crippen molar-refractivity contribution in [3.05, 3.63) is 0 Å². The van der Waals surface area contributed by atoms with Crippen LogP contribution in [0.25, 0.3) is 0 Å². The fourth-order valence-corrected chi connectivity index (χ4v) is 3.50. The molecule has 2 saturated heterocycles. The van der Waals surface area contributed by atoms with E-state index in [1.807, 2.05) is 4.90 Å². The van der Waals surface area contributed by atoms with E-state index in [4.69, 9.17) is 5.73 Å². The SMILES string of the molecule is CCCN1CCN(C(CN)CC(=O)N2CCCCC2)CC1. The predicted octanol–water partition coefficient (Wildman–Crippen LogP) is 0.744. The highest BCUT2D eigenvalue weighted by Gasteiger charge is 2.26. The Kier molecular flexibility index (Phi) is 6.93. The van der Waals surface area contributed by atoms with Crippen LogP contribution >= 0.6 is 0 Å². The van der Waals surface area contributed by atoms with Gasteiger partial charge in [0.2, 0.25) is 5.91 Å². The Morgan fingerprint density at radius 2 is 1.71 bits per heavy atom. The molecule has 2 heterocycles. The highest BCUT2D eigenvalue weighted by molar-refractivity contribution is 5.77. The lowest BCUT2D eigenvalue weighted by Gasteiger charge is -2.39. The van der Waals surface area contributed by atoms with Crippen molar-refractivity contribution in [2.45, 2.75) is 45.1 Å². The lowest BCUT2D eigenvalue weighted by Crippen LogP contribution is -2.53. The van der Waals surface area contributed by atoms with E-state index in [-0.39, 0.29) is 6.04 Å². The molecular formula is C16H32N4O. The summed E-state index contributed by atoms with van der Waals surface area (Å²) in [5, 5.41) is 0. The Labute approximate surface area is 129 Å². The molecule has 0 aliphatic carbocycles. The lowest BCUT2D eigenvalue weighted by molar-refractivity contribution is -0.133. The highest BCUT2D eigenvalue weighted by Crippen LogP contribution is 2.14. The number of nitrogens with zero attached hydrogens (tertiary/aromatic N) is 3. The first-order valence-electron chi connectivity index (χ1n) is 8.68. The molecule has 122 valence electrons. The molecule has 1 amide bonds. The van der Waals surface area contributed by atoms with Gasteiger partial charge in [0.1, 0.15) is 0 Å². The van der Waals surface area contributed by atoms with Gasteiger partial charge in [0.25, 0.3) is 0 Å². The summed E-state index contributed by atoms with van der Waals surface area (Å²) in [7, 11) is 0. The van der Waals surface area contributed by atoms with Gasteiger partial charge in [0.05, 0.1) is 0 Å². The molecule has 5 nitrogen and oxygen atoms in total. The van der Waals surface area contributed by atoms with Crippen LogP contribution in [0.4, 0.5) is 0 Å². The van der Waals surface area contributed by atoms with Gasteiger partial charge < -0.3 is 15.5 Å². The number of carbonyl (C=O) groups is 1. The van der Waals surface area contributed by atoms with Gasteiger partial charge in [0, 0.05) is 58.3 Å². The van der Waals surface area contributed by atoms with Gasteiger partial charge in [-0.1, -0.05) is 6.92 Å². The van der Waals surface area contributed by atoms with Gasteiger partial charge in [-0.25, -0.2) is 0 Å². The second-order valence-electron chi connectivity index (χ2n) is 6.41. The molecule has 0 spiro atoms. The van der Waals surface area contributed by atoms with E-state index in [2.05, 4.69) is 16.7 Å². The molecule has 2 N–H and O–H groups in total. The first-order chi connectivity index (χ1) is 10.2. The standard InChI is InChI=1S/C16H32N4O/c1-2-6-18-9-11-19(12-10-18)15(14-17)13-16(21)20-7-4-3-5-8-20/h15H,2-14,17H2,1H3. The molecule has 0 saturated carbocycles. The van der Waals surface area contributed by atoms with Crippen molar-refractivity contribution >= 4 is 5.91 Å². The monoisotopic (exact) mass is 296 g/mol. The fraction of sp³-hybridized carbons (Fsp3) is 0.938. The largest absolute Gasteiger partial charge is 0.343 e. The molecular weight excluding hydrogens is 264 g/mol. The zero-order chi connectivity index (χ0) is 15.1. The molecule has 2 aliphatic heterocycles.